The molecule has 72 heavy (non-hydrogen) atoms. The molecule has 0 bridgehead atoms. The highest BCUT2D eigenvalue weighted by Crippen LogP contribution is 2.43. The van der Waals surface area contributed by atoms with Crippen LogP contribution >= 0.6 is 0 Å². The molecule has 10 rings (SSSR count). The first kappa shape index (κ1) is 49.7. The average molecular weight is 989 g/mol. The Morgan fingerprint density at radius 2 is 0.986 bits per heavy atom. The van der Waals surface area contributed by atoms with Gasteiger partial charge in [0.15, 0.2) is 0 Å². The maximum atomic E-state index is 13.7. The zero-order chi connectivity index (χ0) is 50.9. The van der Waals surface area contributed by atoms with Crippen LogP contribution in [0.5, 0.6) is 0 Å². The normalized spacial score (nSPS) is 21.5. The topological polar surface area (TPSA) is 128 Å². The van der Waals surface area contributed by atoms with Crippen LogP contribution in [0.1, 0.15) is 122 Å². The van der Waals surface area contributed by atoms with Crippen molar-refractivity contribution in [2.75, 3.05) is 16.4 Å². The molecule has 6 aromatic rings. The van der Waals surface area contributed by atoms with E-state index in [1.807, 2.05) is 36.4 Å². The number of carboxylic acids is 1. The lowest BCUT2D eigenvalue weighted by Gasteiger charge is -2.26. The lowest BCUT2D eigenvalue weighted by Crippen LogP contribution is -2.40. The van der Waals surface area contributed by atoms with Gasteiger partial charge >= 0.3 is 24.3 Å². The van der Waals surface area contributed by atoms with E-state index in [0.29, 0.717) is 35.3 Å². The maximum Gasteiger partial charge on any atom is 0.416 e. The molecule has 0 aromatic heterocycles. The van der Waals surface area contributed by atoms with Crippen LogP contribution in [0.4, 0.5) is 37.7 Å². The second-order valence-electron chi connectivity index (χ2n) is 18.3. The van der Waals surface area contributed by atoms with Gasteiger partial charge in [-0.25, -0.2) is 9.59 Å². The fourth-order valence-electron chi connectivity index (χ4n) is 10.5. The van der Waals surface area contributed by atoms with E-state index in [1.54, 1.807) is 42.2 Å². The van der Waals surface area contributed by atoms with Crippen LogP contribution < -0.4 is 20.4 Å². The van der Waals surface area contributed by atoms with Crippen LogP contribution in [0.15, 0.2) is 146 Å². The zero-order valence-electron chi connectivity index (χ0n) is 38.9. The number of rotatable bonds is 11. The van der Waals surface area contributed by atoms with Crippen LogP contribution in [0, 0.1) is 0 Å². The molecule has 2 heterocycles. The number of carbonyl (C=O) groups is 4. The third-order valence-electron chi connectivity index (χ3n) is 13.9. The number of anilines is 2. The Kier molecular flexibility index (Phi) is 14.1. The number of hydrogen-bond acceptors (Lipinski definition) is 7. The summed E-state index contributed by atoms with van der Waals surface area (Å²) in [6.07, 6.45) is -4.64. The van der Waals surface area contributed by atoms with E-state index in [1.165, 1.54) is 58.0 Å². The summed E-state index contributed by atoms with van der Waals surface area (Å²) in [5.41, 5.74) is 5.74. The van der Waals surface area contributed by atoms with Crippen LogP contribution in [-0.2, 0) is 39.5 Å². The minimum Gasteiger partial charge on any atom is -0.478 e. The van der Waals surface area contributed by atoms with E-state index < -0.39 is 59.6 Å². The summed E-state index contributed by atoms with van der Waals surface area (Å²) in [6.45, 7) is 1.96. The number of benzene rings is 6. The summed E-state index contributed by atoms with van der Waals surface area (Å²) in [6, 6.07) is 36.5. The van der Waals surface area contributed by atoms with Crippen molar-refractivity contribution < 1.29 is 55.4 Å². The number of carbonyl (C=O) groups excluding carboxylic acids is 3. The SMILES string of the molecule is CCOC(=O)c1cccc([C@@H]2C[C@H](N[C@@H]3CCc4ccccc43)C(=O)N2c2ccc(C(F)(F)F)cc2)c1.O=C(O)c1cccc([C@@H]2C[C@H](N[C@@H]3CCc4ccccc43)C(=O)N2c2ccc(C(F)(F)F)cc2)c1. The summed E-state index contributed by atoms with van der Waals surface area (Å²) in [4.78, 5) is 54.3. The fraction of sp³-hybridized carbons (Fsp3) is 0.286. The molecule has 10 nitrogen and oxygen atoms in total. The first-order valence-corrected chi connectivity index (χ1v) is 23.8. The lowest BCUT2D eigenvalue weighted by atomic mass is 9.99. The number of fused-ring (bicyclic) bond motifs is 2. The molecule has 2 saturated heterocycles. The largest absolute Gasteiger partial charge is 0.478 e. The van der Waals surface area contributed by atoms with E-state index in [9.17, 15) is 50.6 Å². The molecule has 16 heteroatoms. The van der Waals surface area contributed by atoms with E-state index in [2.05, 4.69) is 28.8 Å². The molecule has 6 aromatic carbocycles. The van der Waals surface area contributed by atoms with E-state index in [4.69, 9.17) is 4.74 Å². The summed E-state index contributed by atoms with van der Waals surface area (Å²) in [5.74, 6) is -2.02. The van der Waals surface area contributed by atoms with Gasteiger partial charge in [-0.1, -0.05) is 72.8 Å². The zero-order valence-corrected chi connectivity index (χ0v) is 38.9. The Hall–Kier alpha value is -7.30. The van der Waals surface area contributed by atoms with Gasteiger partial charge in [0.1, 0.15) is 0 Å². The number of esters is 1. The van der Waals surface area contributed by atoms with Gasteiger partial charge in [0.25, 0.3) is 0 Å². The molecule has 2 amide bonds. The van der Waals surface area contributed by atoms with Crippen molar-refractivity contribution in [2.24, 2.45) is 0 Å². The monoisotopic (exact) mass is 988 g/mol. The molecular weight excluding hydrogens is 939 g/mol. The molecule has 372 valence electrons. The highest BCUT2D eigenvalue weighted by Gasteiger charge is 2.45. The second-order valence-corrected chi connectivity index (χ2v) is 18.3. The third-order valence-corrected chi connectivity index (χ3v) is 13.9. The van der Waals surface area contributed by atoms with Gasteiger partial charge < -0.3 is 19.6 Å². The number of aromatic carboxylic acids is 1. The summed E-state index contributed by atoms with van der Waals surface area (Å²) in [5, 5.41) is 16.4. The standard InChI is InChI=1S/C29H27F3N2O3.C27H23F3N2O3/c1-2-37-28(36)20-8-5-7-19(16-20)26-17-25(33-24-15-10-18-6-3-4-9-23(18)24)27(35)34(26)22-13-11-21(12-14-22)29(30,31)32;28-27(29,30)19-9-11-20(12-10-19)32-24(17-5-3-6-18(14-17)26(34)35)15-23(25(32)33)31-22-13-8-16-4-1-2-7-21(16)22/h3-9,11-14,16,24-26,33H,2,10,15,17H2,1H3;1-7,9-12,14,22-24,31H,8,13,15H2,(H,34,35)/t24-,25+,26+;22-,23+,24+/m11/s1. The maximum absolute atomic E-state index is 13.7. The molecule has 0 radical (unpaired) electrons. The summed E-state index contributed by atoms with van der Waals surface area (Å²) >= 11 is 0. The average Bonchev–Trinajstić information content (AvgIpc) is 4.15. The molecule has 4 aliphatic rings. The van der Waals surface area contributed by atoms with Gasteiger partial charge in [0.05, 0.1) is 53.0 Å². The number of carboxylic acid groups (broad SMARTS) is 1. The van der Waals surface area contributed by atoms with Crippen molar-refractivity contribution in [3.8, 4) is 0 Å². The van der Waals surface area contributed by atoms with Crippen molar-refractivity contribution in [1.29, 1.82) is 0 Å². The molecule has 0 saturated carbocycles. The fourth-order valence-corrected chi connectivity index (χ4v) is 10.5. The number of alkyl halides is 6. The number of nitrogens with zero attached hydrogens (tertiary/aromatic N) is 2. The highest BCUT2D eigenvalue weighted by atomic mass is 19.4. The Balaban J connectivity index is 0.000000178. The van der Waals surface area contributed by atoms with Crippen molar-refractivity contribution in [3.05, 3.63) is 201 Å². The van der Waals surface area contributed by atoms with E-state index >= 15 is 0 Å². The minimum atomic E-state index is -4.48. The number of nitrogens with one attached hydrogen (secondary N) is 2. The Bertz CT molecular complexity index is 2980. The quantitative estimate of drug-likeness (QED) is 0.0865. The van der Waals surface area contributed by atoms with Gasteiger partial charge in [-0.15, -0.1) is 0 Å². The summed E-state index contributed by atoms with van der Waals surface area (Å²) < 4.78 is 83.9. The molecule has 2 aliphatic carbocycles. The molecule has 2 fully saturated rings. The van der Waals surface area contributed by atoms with Crippen molar-refractivity contribution >= 4 is 35.1 Å². The Morgan fingerprint density at radius 3 is 1.40 bits per heavy atom. The molecular formula is C56H50F6N4O6. The van der Waals surface area contributed by atoms with Gasteiger partial charge in [-0.2, -0.15) is 26.3 Å². The van der Waals surface area contributed by atoms with Crippen LogP contribution in [0.3, 0.4) is 0 Å². The third kappa shape index (κ3) is 10.4. The molecule has 6 atom stereocenters. The number of halogens is 6. The van der Waals surface area contributed by atoms with Gasteiger partial charge in [0, 0.05) is 23.5 Å². The molecule has 0 spiro atoms. The molecule has 3 N–H and O–H groups in total. The minimum absolute atomic E-state index is 0.00120. The number of ether oxygens (including phenoxy) is 1. The van der Waals surface area contributed by atoms with Crippen molar-refractivity contribution in [3.63, 3.8) is 0 Å². The van der Waals surface area contributed by atoms with Gasteiger partial charge in [0.2, 0.25) is 11.8 Å². The molecule has 2 aliphatic heterocycles. The first-order valence-electron chi connectivity index (χ1n) is 23.8. The summed E-state index contributed by atoms with van der Waals surface area (Å²) in [7, 11) is 0. The Labute approximate surface area is 411 Å². The lowest BCUT2D eigenvalue weighted by molar-refractivity contribution is -0.138. The van der Waals surface area contributed by atoms with Crippen LogP contribution in [-0.4, -0.2) is 47.6 Å². The predicted octanol–water partition coefficient (Wildman–Crippen LogP) is 11.5. The highest BCUT2D eigenvalue weighted by molar-refractivity contribution is 6.01. The van der Waals surface area contributed by atoms with E-state index in [0.717, 1.165) is 61.1 Å². The number of aryl methyl sites for hydroxylation is 2. The van der Waals surface area contributed by atoms with Crippen molar-refractivity contribution in [1.82, 2.24) is 10.6 Å². The number of hydrogen-bond donors (Lipinski definition) is 3. The van der Waals surface area contributed by atoms with Gasteiger partial charge in [-0.3, -0.25) is 20.2 Å². The second kappa shape index (κ2) is 20.4. The smallest absolute Gasteiger partial charge is 0.416 e. The van der Waals surface area contributed by atoms with Crippen molar-refractivity contribution in [2.45, 2.75) is 94.1 Å². The number of amides is 2. The Morgan fingerprint density at radius 1 is 0.569 bits per heavy atom. The predicted molar refractivity (Wildman–Crippen MR) is 257 cm³/mol. The first-order chi connectivity index (χ1) is 34.5. The molecule has 0 unspecified atom stereocenters. The van der Waals surface area contributed by atoms with Gasteiger partial charge in [-0.05, 0) is 152 Å². The van der Waals surface area contributed by atoms with E-state index in [-0.39, 0.29) is 36.1 Å². The van der Waals surface area contributed by atoms with Crippen LogP contribution in [0.2, 0.25) is 0 Å². The van der Waals surface area contributed by atoms with Crippen LogP contribution in [0.25, 0.3) is 0 Å².